The van der Waals surface area contributed by atoms with E-state index >= 15 is 0 Å². The lowest BCUT2D eigenvalue weighted by atomic mass is 9.81. The molecule has 1 fully saturated rings. The number of methoxy groups -OCH3 is 1. The van der Waals surface area contributed by atoms with Gasteiger partial charge in [0.2, 0.25) is 0 Å². The van der Waals surface area contributed by atoms with Crippen LogP contribution >= 0.6 is 0 Å². The lowest BCUT2D eigenvalue weighted by molar-refractivity contribution is 0.0415. The molecule has 2 heteroatoms. The van der Waals surface area contributed by atoms with Crippen LogP contribution in [0.5, 0.6) is 0 Å². The molecule has 0 aromatic rings. The minimum absolute atomic E-state index is 0.446. The summed E-state index contributed by atoms with van der Waals surface area (Å²) in [5.74, 6) is 0. The van der Waals surface area contributed by atoms with Crippen LogP contribution in [0.25, 0.3) is 0 Å². The summed E-state index contributed by atoms with van der Waals surface area (Å²) in [6.07, 6.45) is 2.55. The second kappa shape index (κ2) is 3.55. The average Bonchev–Trinajstić information content (AvgIpc) is 1.97. The zero-order chi connectivity index (χ0) is 8.32. The molecule has 0 amide bonds. The molecule has 0 saturated carbocycles. The molecule has 0 aromatic heterocycles. The minimum atomic E-state index is 0.446. The van der Waals surface area contributed by atoms with Gasteiger partial charge in [-0.3, -0.25) is 0 Å². The average molecular weight is 157 g/mol. The van der Waals surface area contributed by atoms with Crippen LogP contribution in [-0.4, -0.2) is 38.8 Å². The molecule has 0 radical (unpaired) electrons. The van der Waals surface area contributed by atoms with E-state index in [1.54, 1.807) is 7.11 Å². The highest BCUT2D eigenvalue weighted by atomic mass is 16.5. The molecule has 11 heavy (non-hydrogen) atoms. The summed E-state index contributed by atoms with van der Waals surface area (Å²) in [5.41, 5.74) is 0.446. The Balaban J connectivity index is 2.35. The van der Waals surface area contributed by atoms with E-state index in [0.29, 0.717) is 5.41 Å². The van der Waals surface area contributed by atoms with Crippen molar-refractivity contribution < 1.29 is 4.74 Å². The van der Waals surface area contributed by atoms with Crippen LogP contribution in [0.2, 0.25) is 0 Å². The van der Waals surface area contributed by atoms with Gasteiger partial charge in [-0.15, -0.1) is 0 Å². The van der Waals surface area contributed by atoms with Gasteiger partial charge in [0.05, 0.1) is 6.61 Å². The van der Waals surface area contributed by atoms with Crippen LogP contribution in [0.15, 0.2) is 0 Å². The van der Waals surface area contributed by atoms with Gasteiger partial charge in [0.25, 0.3) is 0 Å². The second-order valence-corrected chi connectivity index (χ2v) is 4.05. The van der Waals surface area contributed by atoms with Crippen molar-refractivity contribution in [2.75, 3.05) is 33.9 Å². The Kier molecular flexibility index (Phi) is 2.90. The molecule has 1 rings (SSSR count). The molecule has 0 spiro atoms. The smallest absolute Gasteiger partial charge is 0.0516 e. The van der Waals surface area contributed by atoms with E-state index in [1.807, 2.05) is 0 Å². The first-order valence-electron chi connectivity index (χ1n) is 4.34. The third kappa shape index (κ3) is 2.46. The summed E-state index contributed by atoms with van der Waals surface area (Å²) in [7, 11) is 3.98. The summed E-state index contributed by atoms with van der Waals surface area (Å²) in [5, 5.41) is 0. The quantitative estimate of drug-likeness (QED) is 0.600. The molecule has 66 valence electrons. The summed E-state index contributed by atoms with van der Waals surface area (Å²) < 4.78 is 5.20. The molecule has 0 N–H and O–H groups in total. The predicted octanol–water partition coefficient (Wildman–Crippen LogP) is 1.36. The van der Waals surface area contributed by atoms with E-state index < -0.39 is 0 Å². The van der Waals surface area contributed by atoms with Gasteiger partial charge in [0.1, 0.15) is 0 Å². The van der Waals surface area contributed by atoms with Crippen molar-refractivity contribution in [3.8, 4) is 0 Å². The van der Waals surface area contributed by atoms with Gasteiger partial charge >= 0.3 is 0 Å². The first kappa shape index (κ1) is 9.01. The van der Waals surface area contributed by atoms with Gasteiger partial charge in [-0.25, -0.2) is 0 Å². The molecular formula is C9H19NO. The fourth-order valence-electron chi connectivity index (χ4n) is 1.65. The number of piperidine rings is 1. The Labute approximate surface area is 69.5 Å². The number of hydrogen-bond acceptors (Lipinski definition) is 2. The number of likely N-dealkylation sites (tertiary alicyclic amines) is 1. The van der Waals surface area contributed by atoms with Gasteiger partial charge in [0.15, 0.2) is 0 Å². The Bertz CT molecular complexity index is 117. The number of nitrogens with zero attached hydrogens (tertiary/aromatic N) is 1. The fourth-order valence-corrected chi connectivity index (χ4v) is 1.65. The predicted molar refractivity (Wildman–Crippen MR) is 46.7 cm³/mol. The highest BCUT2D eigenvalue weighted by Gasteiger charge is 2.28. The van der Waals surface area contributed by atoms with E-state index in [2.05, 4.69) is 18.9 Å². The number of rotatable bonds is 2. The first-order chi connectivity index (χ1) is 5.16. The Morgan fingerprint density at radius 2 is 1.91 bits per heavy atom. The summed E-state index contributed by atoms with van der Waals surface area (Å²) in [6, 6.07) is 0. The maximum Gasteiger partial charge on any atom is 0.0516 e. The molecule has 0 bridgehead atoms. The van der Waals surface area contributed by atoms with Crippen LogP contribution in [0.1, 0.15) is 19.8 Å². The van der Waals surface area contributed by atoms with Crippen LogP contribution in [-0.2, 0) is 4.74 Å². The molecule has 0 aliphatic carbocycles. The van der Waals surface area contributed by atoms with Crippen LogP contribution in [0.4, 0.5) is 0 Å². The SMILES string of the molecule is COCC1(C)CCN(C)CC1. The van der Waals surface area contributed by atoms with Gasteiger partial charge in [-0.2, -0.15) is 0 Å². The third-order valence-corrected chi connectivity index (χ3v) is 2.69. The lowest BCUT2D eigenvalue weighted by Gasteiger charge is -2.37. The topological polar surface area (TPSA) is 12.5 Å². The monoisotopic (exact) mass is 157 g/mol. The molecule has 1 aliphatic rings. The highest BCUT2D eigenvalue weighted by Crippen LogP contribution is 2.30. The maximum absolute atomic E-state index is 5.20. The van der Waals surface area contributed by atoms with E-state index in [1.165, 1.54) is 25.9 Å². The number of hydrogen-bond donors (Lipinski definition) is 0. The van der Waals surface area contributed by atoms with E-state index in [-0.39, 0.29) is 0 Å². The molecule has 0 aromatic carbocycles. The molecular weight excluding hydrogens is 138 g/mol. The van der Waals surface area contributed by atoms with E-state index in [9.17, 15) is 0 Å². The van der Waals surface area contributed by atoms with Gasteiger partial charge < -0.3 is 9.64 Å². The summed E-state index contributed by atoms with van der Waals surface area (Å²) in [6.45, 7) is 5.68. The highest BCUT2D eigenvalue weighted by molar-refractivity contribution is 4.80. The zero-order valence-corrected chi connectivity index (χ0v) is 7.89. The Morgan fingerprint density at radius 3 is 2.36 bits per heavy atom. The summed E-state index contributed by atoms with van der Waals surface area (Å²) in [4.78, 5) is 2.39. The van der Waals surface area contributed by atoms with Crippen LogP contribution in [0, 0.1) is 5.41 Å². The van der Waals surface area contributed by atoms with Crippen molar-refractivity contribution in [1.82, 2.24) is 4.90 Å². The van der Waals surface area contributed by atoms with Crippen molar-refractivity contribution in [2.24, 2.45) is 5.41 Å². The summed E-state index contributed by atoms with van der Waals surface area (Å²) >= 11 is 0. The van der Waals surface area contributed by atoms with Crippen molar-refractivity contribution in [3.05, 3.63) is 0 Å². The molecule has 0 unspecified atom stereocenters. The normalized spacial score (nSPS) is 25.4. The van der Waals surface area contributed by atoms with Gasteiger partial charge in [-0.1, -0.05) is 6.92 Å². The largest absolute Gasteiger partial charge is 0.384 e. The van der Waals surface area contributed by atoms with Crippen molar-refractivity contribution >= 4 is 0 Å². The Morgan fingerprint density at radius 1 is 1.36 bits per heavy atom. The maximum atomic E-state index is 5.20. The van der Waals surface area contributed by atoms with Gasteiger partial charge in [0, 0.05) is 7.11 Å². The molecule has 2 nitrogen and oxygen atoms in total. The standard InChI is InChI=1S/C9H19NO/c1-9(8-11-3)4-6-10(2)7-5-9/h4-8H2,1-3H3. The molecule has 1 saturated heterocycles. The van der Waals surface area contributed by atoms with E-state index in [4.69, 9.17) is 4.74 Å². The third-order valence-electron chi connectivity index (χ3n) is 2.69. The minimum Gasteiger partial charge on any atom is -0.384 e. The molecule has 0 atom stereocenters. The van der Waals surface area contributed by atoms with E-state index in [0.717, 1.165) is 6.61 Å². The number of ether oxygens (including phenoxy) is 1. The van der Waals surface area contributed by atoms with Gasteiger partial charge in [-0.05, 0) is 38.4 Å². The van der Waals surface area contributed by atoms with Crippen molar-refractivity contribution in [2.45, 2.75) is 19.8 Å². The van der Waals surface area contributed by atoms with Crippen molar-refractivity contribution in [3.63, 3.8) is 0 Å². The lowest BCUT2D eigenvalue weighted by Crippen LogP contribution is -2.38. The zero-order valence-electron chi connectivity index (χ0n) is 7.89. The van der Waals surface area contributed by atoms with Crippen LogP contribution in [0.3, 0.4) is 0 Å². The molecule has 1 heterocycles. The first-order valence-corrected chi connectivity index (χ1v) is 4.34. The fraction of sp³-hybridized carbons (Fsp3) is 1.00. The van der Waals surface area contributed by atoms with Crippen molar-refractivity contribution in [1.29, 1.82) is 0 Å². The van der Waals surface area contributed by atoms with Crippen LogP contribution < -0.4 is 0 Å². The second-order valence-electron chi connectivity index (χ2n) is 4.05. The Hall–Kier alpha value is -0.0800. The molecule has 1 aliphatic heterocycles.